The van der Waals surface area contributed by atoms with Gasteiger partial charge in [0.2, 0.25) is 0 Å². The Kier molecular flexibility index (Phi) is 3.62. The van der Waals surface area contributed by atoms with Crippen LogP contribution in [0.4, 0.5) is 0 Å². The first-order chi connectivity index (χ1) is 13.0. The predicted molar refractivity (Wildman–Crippen MR) is 115 cm³/mol. The average molecular weight is 413 g/mol. The summed E-state index contributed by atoms with van der Waals surface area (Å²) < 4.78 is 7.67. The molecule has 27 heavy (non-hydrogen) atoms. The molecule has 3 aromatic carbocycles. The Bertz CT molecular complexity index is 1310. The molecule has 0 radical (unpaired) electrons. The van der Waals surface area contributed by atoms with Crippen molar-refractivity contribution in [1.29, 1.82) is 0 Å². The van der Waals surface area contributed by atoms with E-state index in [0.717, 1.165) is 44.1 Å². The Morgan fingerprint density at radius 3 is 2.44 bits per heavy atom. The van der Waals surface area contributed by atoms with Crippen molar-refractivity contribution in [1.82, 2.24) is 9.97 Å². The van der Waals surface area contributed by atoms with E-state index < -0.39 is 13.3 Å². The molecule has 132 valence electrons. The van der Waals surface area contributed by atoms with Crippen molar-refractivity contribution in [3.05, 3.63) is 67.0 Å². The Morgan fingerprint density at radius 2 is 1.59 bits per heavy atom. The second kappa shape index (κ2) is 5.93. The van der Waals surface area contributed by atoms with Crippen LogP contribution in [0.1, 0.15) is 0 Å². The van der Waals surface area contributed by atoms with Crippen LogP contribution in [-0.4, -0.2) is 23.2 Å². The van der Waals surface area contributed by atoms with Crippen LogP contribution >= 0.6 is 0 Å². The monoisotopic (exact) mass is 414 g/mol. The fraction of sp³-hybridized carbons (Fsp3) is 0.130. The number of furan rings is 1. The zero-order valence-electron chi connectivity index (χ0n) is 15.7. The van der Waals surface area contributed by atoms with Gasteiger partial charge in [-0.25, -0.2) is 0 Å². The van der Waals surface area contributed by atoms with Crippen molar-refractivity contribution in [2.24, 2.45) is 0 Å². The first-order valence-corrected chi connectivity index (χ1v) is 16.5. The van der Waals surface area contributed by atoms with Crippen LogP contribution in [0.25, 0.3) is 44.1 Å². The summed E-state index contributed by atoms with van der Waals surface area (Å²) in [6.07, 6.45) is 1.67. The molecule has 0 saturated carbocycles. The number of rotatable bonds is 2. The second-order valence-electron chi connectivity index (χ2n) is 7.98. The quantitative estimate of drug-likeness (QED) is 0.347. The van der Waals surface area contributed by atoms with Crippen LogP contribution < -0.4 is 4.40 Å². The van der Waals surface area contributed by atoms with Crippen molar-refractivity contribution in [3.63, 3.8) is 0 Å². The maximum atomic E-state index is 6.21. The standard InChI is InChI=1S/C23H20GeN2O/c1-24(2,3)15-11-12-18-20(13-15)25-14-26-22(18)19-9-6-8-17-16-7-4-5-10-21(16)27-23(17)19/h4-14H,1-3H3. The van der Waals surface area contributed by atoms with Gasteiger partial charge in [-0.15, -0.1) is 0 Å². The molecule has 0 aliphatic carbocycles. The summed E-state index contributed by atoms with van der Waals surface area (Å²) in [7, 11) is 0. The van der Waals surface area contributed by atoms with E-state index >= 15 is 0 Å². The summed E-state index contributed by atoms with van der Waals surface area (Å²) in [4.78, 5) is 9.19. The molecule has 5 rings (SSSR count). The average Bonchev–Trinajstić information content (AvgIpc) is 3.05. The van der Waals surface area contributed by atoms with Crippen molar-refractivity contribution in [2.45, 2.75) is 17.3 Å². The van der Waals surface area contributed by atoms with Crippen LogP contribution in [-0.2, 0) is 0 Å². The van der Waals surface area contributed by atoms with Gasteiger partial charge >= 0.3 is 160 Å². The van der Waals surface area contributed by atoms with E-state index in [0.29, 0.717) is 0 Å². The van der Waals surface area contributed by atoms with Gasteiger partial charge in [0, 0.05) is 0 Å². The van der Waals surface area contributed by atoms with Crippen molar-refractivity contribution in [2.75, 3.05) is 0 Å². The first-order valence-electron chi connectivity index (χ1n) is 9.18. The van der Waals surface area contributed by atoms with Gasteiger partial charge in [-0.05, 0) is 0 Å². The fourth-order valence-electron chi connectivity index (χ4n) is 3.67. The molecular weight excluding hydrogens is 393 g/mol. The molecule has 0 amide bonds. The number of benzene rings is 3. The van der Waals surface area contributed by atoms with E-state index in [-0.39, 0.29) is 0 Å². The summed E-state index contributed by atoms with van der Waals surface area (Å²) >= 11 is -1.91. The molecule has 5 aromatic rings. The predicted octanol–water partition coefficient (Wildman–Crippen LogP) is 5.74. The first kappa shape index (κ1) is 16.5. The van der Waals surface area contributed by atoms with Crippen LogP contribution in [0, 0.1) is 0 Å². The van der Waals surface area contributed by atoms with Gasteiger partial charge < -0.3 is 0 Å². The van der Waals surface area contributed by atoms with E-state index in [1.165, 1.54) is 4.40 Å². The van der Waals surface area contributed by atoms with Gasteiger partial charge in [-0.2, -0.15) is 0 Å². The molecule has 0 fully saturated rings. The zero-order valence-corrected chi connectivity index (χ0v) is 17.8. The van der Waals surface area contributed by atoms with Gasteiger partial charge in [-0.1, -0.05) is 0 Å². The van der Waals surface area contributed by atoms with E-state index in [4.69, 9.17) is 4.42 Å². The molecule has 0 atom stereocenters. The molecule has 0 spiro atoms. The normalized spacial score (nSPS) is 12.3. The van der Waals surface area contributed by atoms with Crippen molar-refractivity contribution >= 4 is 50.5 Å². The maximum absolute atomic E-state index is 6.21. The molecule has 0 saturated heterocycles. The number of para-hydroxylation sites is 2. The van der Waals surface area contributed by atoms with Gasteiger partial charge in [0.15, 0.2) is 0 Å². The molecule has 0 aliphatic rings. The molecule has 2 heterocycles. The number of aromatic nitrogens is 2. The van der Waals surface area contributed by atoms with Crippen molar-refractivity contribution in [3.8, 4) is 11.3 Å². The molecule has 2 aromatic heterocycles. The number of hydrogen-bond donors (Lipinski definition) is 0. The number of hydrogen-bond acceptors (Lipinski definition) is 3. The summed E-state index contributed by atoms with van der Waals surface area (Å²) in [5.41, 5.74) is 4.74. The fourth-order valence-corrected chi connectivity index (χ4v) is 6.09. The van der Waals surface area contributed by atoms with Crippen LogP contribution in [0.15, 0.2) is 71.4 Å². The molecule has 0 bridgehead atoms. The minimum atomic E-state index is -1.91. The molecule has 3 nitrogen and oxygen atoms in total. The van der Waals surface area contributed by atoms with Gasteiger partial charge in [0.25, 0.3) is 0 Å². The molecule has 0 unspecified atom stereocenters. The van der Waals surface area contributed by atoms with Crippen LogP contribution in [0.2, 0.25) is 17.3 Å². The van der Waals surface area contributed by atoms with Crippen LogP contribution in [0.5, 0.6) is 0 Å². The molecular formula is C23H20GeN2O. The van der Waals surface area contributed by atoms with Gasteiger partial charge in [-0.3, -0.25) is 0 Å². The van der Waals surface area contributed by atoms with Gasteiger partial charge in [0.1, 0.15) is 0 Å². The third kappa shape index (κ3) is 2.65. The van der Waals surface area contributed by atoms with E-state index in [1.54, 1.807) is 6.33 Å². The third-order valence-corrected chi connectivity index (χ3v) is 9.45. The van der Waals surface area contributed by atoms with E-state index in [9.17, 15) is 0 Å². The van der Waals surface area contributed by atoms with E-state index in [1.807, 2.05) is 18.2 Å². The Morgan fingerprint density at radius 1 is 0.778 bits per heavy atom. The summed E-state index contributed by atoms with van der Waals surface area (Å²) in [6, 6.07) is 21.1. The second-order valence-corrected chi connectivity index (χ2v) is 18.6. The van der Waals surface area contributed by atoms with Crippen molar-refractivity contribution < 1.29 is 4.42 Å². The molecule has 0 N–H and O–H groups in total. The third-order valence-electron chi connectivity index (χ3n) is 5.16. The van der Waals surface area contributed by atoms with Crippen LogP contribution in [0.3, 0.4) is 0 Å². The SMILES string of the molecule is [CH3][Ge]([CH3])([CH3])[c]1ccc2c(-c3cccc4c3oc3ccccc34)ncnc2c1. The Labute approximate surface area is 160 Å². The Balaban J connectivity index is 1.81. The Hall–Kier alpha value is -2.66. The minimum absolute atomic E-state index is 0.885. The summed E-state index contributed by atoms with van der Waals surface area (Å²) in [5.74, 6) is 7.20. The number of fused-ring (bicyclic) bond motifs is 4. The number of nitrogens with zero attached hydrogens (tertiary/aromatic N) is 2. The van der Waals surface area contributed by atoms with E-state index in [2.05, 4.69) is 69.7 Å². The molecule has 4 heteroatoms. The zero-order chi connectivity index (χ0) is 18.6. The summed E-state index contributed by atoms with van der Waals surface area (Å²) in [5, 5.41) is 3.33. The summed E-state index contributed by atoms with van der Waals surface area (Å²) in [6.45, 7) is 0. The van der Waals surface area contributed by atoms with Gasteiger partial charge in [0.05, 0.1) is 0 Å². The molecule has 0 aliphatic heterocycles. The topological polar surface area (TPSA) is 38.9 Å².